The zero-order chi connectivity index (χ0) is 17.0. The van der Waals surface area contributed by atoms with Crippen molar-refractivity contribution in [2.24, 2.45) is 0 Å². The van der Waals surface area contributed by atoms with Crippen LogP contribution in [-0.4, -0.2) is 32.7 Å². The summed E-state index contributed by atoms with van der Waals surface area (Å²) in [6, 6.07) is 8.28. The van der Waals surface area contributed by atoms with Crippen molar-refractivity contribution in [3.05, 3.63) is 59.7 Å². The van der Waals surface area contributed by atoms with Crippen LogP contribution in [0.4, 0.5) is 10.1 Å². The average Bonchev–Trinajstić information content (AvgIpc) is 2.51. The van der Waals surface area contributed by atoms with E-state index in [0.29, 0.717) is 5.69 Å². The van der Waals surface area contributed by atoms with Gasteiger partial charge in [-0.05, 0) is 30.3 Å². The standard InChI is InChI=1S/C15H15FN2O4S/c1-22-15(19)11-6-7-13(17-9-11)10-18(23(2,20)21)14-5-3-4-12(16)8-14/h3-9H,10H2,1-2H3. The number of benzene rings is 1. The van der Waals surface area contributed by atoms with Crippen molar-refractivity contribution in [2.75, 3.05) is 17.7 Å². The summed E-state index contributed by atoms with van der Waals surface area (Å²) >= 11 is 0. The summed E-state index contributed by atoms with van der Waals surface area (Å²) in [6.07, 6.45) is 2.33. The van der Waals surface area contributed by atoms with Crippen LogP contribution in [0.5, 0.6) is 0 Å². The molecule has 0 radical (unpaired) electrons. The number of methoxy groups -OCH3 is 1. The van der Waals surface area contributed by atoms with Gasteiger partial charge in [0.25, 0.3) is 0 Å². The lowest BCUT2D eigenvalue weighted by molar-refractivity contribution is 0.0600. The molecule has 1 aromatic heterocycles. The fourth-order valence-corrected chi connectivity index (χ4v) is 2.80. The second-order valence-electron chi connectivity index (χ2n) is 4.78. The third kappa shape index (κ3) is 4.26. The smallest absolute Gasteiger partial charge is 0.339 e. The Kier molecular flexibility index (Phi) is 4.95. The van der Waals surface area contributed by atoms with Gasteiger partial charge in [-0.1, -0.05) is 6.07 Å². The second-order valence-corrected chi connectivity index (χ2v) is 6.69. The Bertz CT molecular complexity index is 806. The number of aromatic nitrogens is 1. The average molecular weight is 338 g/mol. The molecule has 6 nitrogen and oxygen atoms in total. The van der Waals surface area contributed by atoms with Gasteiger partial charge in [0, 0.05) is 6.20 Å². The molecule has 1 aromatic carbocycles. The molecule has 0 amide bonds. The van der Waals surface area contributed by atoms with E-state index in [-0.39, 0.29) is 17.8 Å². The molecule has 0 aliphatic rings. The molecule has 1 heterocycles. The Morgan fingerprint density at radius 3 is 2.57 bits per heavy atom. The maximum Gasteiger partial charge on any atom is 0.339 e. The number of esters is 1. The van der Waals surface area contributed by atoms with Crippen LogP contribution in [0.15, 0.2) is 42.6 Å². The number of rotatable bonds is 5. The summed E-state index contributed by atoms with van der Waals surface area (Å²) < 4.78 is 42.9. The van der Waals surface area contributed by atoms with Crippen molar-refractivity contribution in [3.63, 3.8) is 0 Å². The zero-order valence-electron chi connectivity index (χ0n) is 12.6. The predicted molar refractivity (Wildman–Crippen MR) is 83.0 cm³/mol. The number of hydrogen-bond donors (Lipinski definition) is 0. The van der Waals surface area contributed by atoms with Gasteiger partial charge in [0.2, 0.25) is 10.0 Å². The predicted octanol–water partition coefficient (Wildman–Crippen LogP) is 1.97. The molecule has 2 aromatic rings. The highest BCUT2D eigenvalue weighted by molar-refractivity contribution is 7.92. The van der Waals surface area contributed by atoms with Gasteiger partial charge >= 0.3 is 5.97 Å². The van der Waals surface area contributed by atoms with Crippen molar-refractivity contribution >= 4 is 21.7 Å². The van der Waals surface area contributed by atoms with Gasteiger partial charge in [0.15, 0.2) is 0 Å². The summed E-state index contributed by atoms with van der Waals surface area (Å²) in [5.41, 5.74) is 0.867. The quantitative estimate of drug-likeness (QED) is 0.779. The van der Waals surface area contributed by atoms with Crippen LogP contribution in [0.3, 0.4) is 0 Å². The van der Waals surface area contributed by atoms with Gasteiger partial charge in [-0.2, -0.15) is 0 Å². The maximum absolute atomic E-state index is 13.3. The lowest BCUT2D eigenvalue weighted by atomic mass is 10.2. The fraction of sp³-hybridized carbons (Fsp3) is 0.200. The number of carbonyl (C=O) groups is 1. The Morgan fingerprint density at radius 2 is 2.04 bits per heavy atom. The Hall–Kier alpha value is -2.48. The van der Waals surface area contributed by atoms with Crippen LogP contribution in [0, 0.1) is 5.82 Å². The Morgan fingerprint density at radius 1 is 1.30 bits per heavy atom. The molecular formula is C15H15FN2O4S. The van der Waals surface area contributed by atoms with E-state index in [1.54, 1.807) is 0 Å². The van der Waals surface area contributed by atoms with Gasteiger partial charge in [0.05, 0.1) is 36.9 Å². The van der Waals surface area contributed by atoms with Gasteiger partial charge in [-0.15, -0.1) is 0 Å². The number of carbonyl (C=O) groups excluding carboxylic acids is 1. The number of hydrogen-bond acceptors (Lipinski definition) is 5. The number of pyridine rings is 1. The molecule has 0 bridgehead atoms. The van der Waals surface area contributed by atoms with Crippen molar-refractivity contribution in [1.82, 2.24) is 4.98 Å². The van der Waals surface area contributed by atoms with E-state index < -0.39 is 21.8 Å². The number of anilines is 1. The first-order chi connectivity index (χ1) is 10.8. The minimum atomic E-state index is -3.63. The maximum atomic E-state index is 13.3. The lowest BCUT2D eigenvalue weighted by Gasteiger charge is -2.22. The monoisotopic (exact) mass is 338 g/mol. The first-order valence-electron chi connectivity index (χ1n) is 6.58. The van der Waals surface area contributed by atoms with E-state index in [2.05, 4.69) is 9.72 Å². The van der Waals surface area contributed by atoms with Crippen LogP contribution >= 0.6 is 0 Å². The van der Waals surface area contributed by atoms with Gasteiger partial charge in [-0.25, -0.2) is 17.6 Å². The molecule has 0 spiro atoms. The normalized spacial score (nSPS) is 11.1. The zero-order valence-corrected chi connectivity index (χ0v) is 13.4. The van der Waals surface area contributed by atoms with E-state index in [1.807, 2.05) is 0 Å². The van der Waals surface area contributed by atoms with E-state index in [4.69, 9.17) is 0 Å². The fourth-order valence-electron chi connectivity index (χ4n) is 1.94. The van der Waals surface area contributed by atoms with Gasteiger partial charge in [-0.3, -0.25) is 9.29 Å². The molecule has 0 saturated heterocycles. The molecule has 0 unspecified atom stereocenters. The highest BCUT2D eigenvalue weighted by atomic mass is 32.2. The SMILES string of the molecule is COC(=O)c1ccc(CN(c2cccc(F)c2)S(C)(=O)=O)nc1. The molecule has 0 fully saturated rings. The van der Waals surface area contributed by atoms with Crippen LogP contribution in [-0.2, 0) is 21.3 Å². The minimum Gasteiger partial charge on any atom is -0.465 e. The second kappa shape index (κ2) is 6.74. The van der Waals surface area contributed by atoms with Crippen LogP contribution < -0.4 is 4.31 Å². The highest BCUT2D eigenvalue weighted by Gasteiger charge is 2.19. The first-order valence-corrected chi connectivity index (χ1v) is 8.42. The summed E-state index contributed by atoms with van der Waals surface area (Å²) in [5, 5.41) is 0. The Labute approximate surface area is 133 Å². The number of ether oxygens (including phenoxy) is 1. The van der Waals surface area contributed by atoms with Crippen LogP contribution in [0.25, 0.3) is 0 Å². The Balaban J connectivity index is 2.31. The molecule has 0 atom stereocenters. The summed E-state index contributed by atoms with van der Waals surface area (Å²) in [7, 11) is -2.37. The third-order valence-electron chi connectivity index (χ3n) is 3.05. The summed E-state index contributed by atoms with van der Waals surface area (Å²) in [4.78, 5) is 15.4. The molecule has 0 aliphatic carbocycles. The molecule has 8 heteroatoms. The topological polar surface area (TPSA) is 76.6 Å². The lowest BCUT2D eigenvalue weighted by Crippen LogP contribution is -2.29. The molecule has 0 N–H and O–H groups in total. The molecule has 0 saturated carbocycles. The molecule has 23 heavy (non-hydrogen) atoms. The van der Waals surface area contributed by atoms with E-state index in [1.165, 1.54) is 43.6 Å². The number of halogens is 1. The van der Waals surface area contributed by atoms with Crippen LogP contribution in [0.2, 0.25) is 0 Å². The van der Waals surface area contributed by atoms with Gasteiger partial charge in [0.1, 0.15) is 5.82 Å². The molecule has 2 rings (SSSR count). The summed E-state index contributed by atoms with van der Waals surface area (Å²) in [6.45, 7) is -0.0796. The first kappa shape index (κ1) is 16.9. The number of nitrogens with zero attached hydrogens (tertiary/aromatic N) is 2. The van der Waals surface area contributed by atoms with Crippen molar-refractivity contribution in [2.45, 2.75) is 6.54 Å². The van der Waals surface area contributed by atoms with Crippen molar-refractivity contribution < 1.29 is 22.3 Å². The summed E-state index contributed by atoms with van der Waals surface area (Å²) in [5.74, 6) is -1.07. The number of sulfonamides is 1. The molecule has 0 aliphatic heterocycles. The van der Waals surface area contributed by atoms with E-state index in [0.717, 1.165) is 16.6 Å². The largest absolute Gasteiger partial charge is 0.465 e. The van der Waals surface area contributed by atoms with Crippen molar-refractivity contribution in [1.29, 1.82) is 0 Å². The molecule has 122 valence electrons. The minimum absolute atomic E-state index is 0.0796. The van der Waals surface area contributed by atoms with E-state index in [9.17, 15) is 17.6 Å². The van der Waals surface area contributed by atoms with Gasteiger partial charge < -0.3 is 4.74 Å². The van der Waals surface area contributed by atoms with Crippen LogP contribution in [0.1, 0.15) is 16.1 Å². The van der Waals surface area contributed by atoms with E-state index >= 15 is 0 Å². The third-order valence-corrected chi connectivity index (χ3v) is 4.19. The highest BCUT2D eigenvalue weighted by Crippen LogP contribution is 2.21. The molecular weight excluding hydrogens is 323 g/mol. The van der Waals surface area contributed by atoms with Crippen molar-refractivity contribution in [3.8, 4) is 0 Å².